The van der Waals surface area contributed by atoms with Crippen LogP contribution in [0.4, 0.5) is 0 Å². The molecule has 0 unspecified atom stereocenters. The highest BCUT2D eigenvalue weighted by Crippen LogP contribution is 2.42. The van der Waals surface area contributed by atoms with E-state index in [1.807, 2.05) is 5.51 Å². The fourth-order valence-electron chi connectivity index (χ4n) is 5.42. The van der Waals surface area contributed by atoms with Crippen LogP contribution >= 0.6 is 11.3 Å². The SMILES string of the molecule is O=C(O)CC1(N2CCC(N[C@@H]3C[C@H]3c3ccccc3)CC2)CN(Cc2cscn2)C1. The molecule has 2 saturated heterocycles. The average Bonchev–Trinajstić information content (AvgIpc) is 3.29. The molecule has 5 rings (SSSR count). The normalized spacial score (nSPS) is 26.9. The maximum atomic E-state index is 11.6. The molecular weight excluding hydrogens is 396 g/mol. The quantitative estimate of drug-likeness (QED) is 0.677. The van der Waals surface area contributed by atoms with E-state index in [9.17, 15) is 9.90 Å². The minimum Gasteiger partial charge on any atom is -0.481 e. The van der Waals surface area contributed by atoms with E-state index in [1.54, 1.807) is 11.3 Å². The Morgan fingerprint density at radius 3 is 2.67 bits per heavy atom. The Hall–Kier alpha value is -1.80. The molecule has 0 spiro atoms. The van der Waals surface area contributed by atoms with Gasteiger partial charge in [0.2, 0.25) is 0 Å². The van der Waals surface area contributed by atoms with Crippen LogP contribution in [0.1, 0.15) is 42.9 Å². The largest absolute Gasteiger partial charge is 0.481 e. The molecule has 0 amide bonds. The summed E-state index contributed by atoms with van der Waals surface area (Å²) in [5.74, 6) is -0.0271. The highest BCUT2D eigenvalue weighted by Gasteiger charge is 2.50. The van der Waals surface area contributed by atoms with E-state index < -0.39 is 5.97 Å². The molecule has 0 radical (unpaired) electrons. The number of thiazole rings is 1. The van der Waals surface area contributed by atoms with Crippen LogP contribution in [0.15, 0.2) is 41.2 Å². The number of hydrogen-bond acceptors (Lipinski definition) is 6. The summed E-state index contributed by atoms with van der Waals surface area (Å²) in [4.78, 5) is 20.8. The van der Waals surface area contributed by atoms with Crippen LogP contribution in [0.5, 0.6) is 0 Å². The first-order chi connectivity index (χ1) is 14.6. The number of aliphatic carboxylic acids is 1. The maximum absolute atomic E-state index is 11.6. The van der Waals surface area contributed by atoms with Crippen LogP contribution in [0.25, 0.3) is 0 Å². The first kappa shape index (κ1) is 20.1. The second kappa shape index (κ2) is 8.38. The molecule has 30 heavy (non-hydrogen) atoms. The number of carboxylic acid groups (broad SMARTS) is 1. The zero-order valence-corrected chi connectivity index (χ0v) is 18.1. The monoisotopic (exact) mass is 426 g/mol. The summed E-state index contributed by atoms with van der Waals surface area (Å²) in [6.45, 7) is 4.45. The molecule has 3 fully saturated rings. The predicted octanol–water partition coefficient (Wildman–Crippen LogP) is 2.78. The van der Waals surface area contributed by atoms with Crippen molar-refractivity contribution < 1.29 is 9.90 Å². The van der Waals surface area contributed by atoms with Gasteiger partial charge in [0.15, 0.2) is 0 Å². The lowest BCUT2D eigenvalue weighted by atomic mass is 9.82. The molecule has 6 nitrogen and oxygen atoms in total. The van der Waals surface area contributed by atoms with E-state index in [0.29, 0.717) is 18.0 Å². The Kier molecular flexibility index (Phi) is 5.62. The summed E-state index contributed by atoms with van der Waals surface area (Å²) in [6, 6.07) is 12.0. The van der Waals surface area contributed by atoms with Crippen molar-refractivity contribution in [2.24, 2.45) is 0 Å². The summed E-state index contributed by atoms with van der Waals surface area (Å²) >= 11 is 1.61. The van der Waals surface area contributed by atoms with Crippen molar-refractivity contribution in [2.45, 2.75) is 55.8 Å². The molecule has 1 aliphatic carbocycles. The average molecular weight is 427 g/mol. The molecule has 1 aromatic carbocycles. The van der Waals surface area contributed by atoms with Gasteiger partial charge in [-0.3, -0.25) is 14.6 Å². The zero-order valence-electron chi connectivity index (χ0n) is 17.2. The Morgan fingerprint density at radius 1 is 1.23 bits per heavy atom. The zero-order chi connectivity index (χ0) is 20.6. The van der Waals surface area contributed by atoms with Gasteiger partial charge in [0.05, 0.1) is 23.2 Å². The molecule has 1 saturated carbocycles. The van der Waals surface area contributed by atoms with E-state index in [1.165, 1.54) is 12.0 Å². The van der Waals surface area contributed by atoms with E-state index in [4.69, 9.17) is 0 Å². The Labute approximate surface area is 181 Å². The number of carboxylic acids is 1. The van der Waals surface area contributed by atoms with Gasteiger partial charge < -0.3 is 10.4 Å². The first-order valence-corrected chi connectivity index (χ1v) is 11.9. The summed E-state index contributed by atoms with van der Waals surface area (Å²) < 4.78 is 0. The van der Waals surface area contributed by atoms with Gasteiger partial charge in [-0.2, -0.15) is 0 Å². The predicted molar refractivity (Wildman–Crippen MR) is 118 cm³/mol. The minimum atomic E-state index is -0.688. The van der Waals surface area contributed by atoms with Gasteiger partial charge in [-0.05, 0) is 24.8 Å². The first-order valence-electron chi connectivity index (χ1n) is 11.0. The number of nitrogens with zero attached hydrogens (tertiary/aromatic N) is 3. The lowest BCUT2D eigenvalue weighted by molar-refractivity contribution is -0.147. The molecule has 2 atom stereocenters. The number of carbonyl (C=O) groups is 1. The van der Waals surface area contributed by atoms with Crippen molar-refractivity contribution in [1.82, 2.24) is 20.1 Å². The molecule has 2 aromatic rings. The van der Waals surface area contributed by atoms with Crippen LogP contribution in [-0.2, 0) is 11.3 Å². The van der Waals surface area contributed by atoms with Crippen molar-refractivity contribution in [1.29, 1.82) is 0 Å². The molecule has 3 heterocycles. The number of hydrogen-bond donors (Lipinski definition) is 2. The molecule has 3 aliphatic rings. The number of piperidine rings is 1. The molecule has 0 bridgehead atoms. The number of rotatable bonds is 8. The summed E-state index contributed by atoms with van der Waals surface area (Å²) in [5, 5.41) is 15.5. The second-order valence-corrected chi connectivity index (χ2v) is 9.93. The Morgan fingerprint density at radius 2 is 2.00 bits per heavy atom. The lowest BCUT2D eigenvalue weighted by Crippen LogP contribution is -2.71. The molecule has 160 valence electrons. The second-order valence-electron chi connectivity index (χ2n) is 9.21. The number of aromatic nitrogens is 1. The Bertz CT molecular complexity index is 845. The van der Waals surface area contributed by atoms with E-state index >= 15 is 0 Å². The van der Waals surface area contributed by atoms with Gasteiger partial charge >= 0.3 is 5.97 Å². The highest BCUT2D eigenvalue weighted by molar-refractivity contribution is 7.07. The third-order valence-electron chi connectivity index (χ3n) is 7.02. The van der Waals surface area contributed by atoms with E-state index in [0.717, 1.165) is 51.3 Å². The van der Waals surface area contributed by atoms with Crippen LogP contribution in [-0.4, -0.2) is 69.7 Å². The van der Waals surface area contributed by atoms with Gasteiger partial charge in [-0.1, -0.05) is 30.3 Å². The van der Waals surface area contributed by atoms with Gasteiger partial charge in [-0.15, -0.1) is 11.3 Å². The third-order valence-corrected chi connectivity index (χ3v) is 7.65. The van der Waals surface area contributed by atoms with Crippen molar-refractivity contribution in [3.05, 3.63) is 52.5 Å². The van der Waals surface area contributed by atoms with Crippen LogP contribution < -0.4 is 5.32 Å². The maximum Gasteiger partial charge on any atom is 0.305 e. The van der Waals surface area contributed by atoms with Crippen LogP contribution in [0, 0.1) is 0 Å². The van der Waals surface area contributed by atoms with Crippen molar-refractivity contribution in [2.75, 3.05) is 26.2 Å². The van der Waals surface area contributed by atoms with Gasteiger partial charge in [0.25, 0.3) is 0 Å². The minimum absolute atomic E-state index is 0.209. The van der Waals surface area contributed by atoms with E-state index in [-0.39, 0.29) is 12.0 Å². The summed E-state index contributed by atoms with van der Waals surface area (Å²) in [5.41, 5.74) is 4.19. The number of benzene rings is 1. The molecule has 2 N–H and O–H groups in total. The number of nitrogens with one attached hydrogen (secondary N) is 1. The van der Waals surface area contributed by atoms with Crippen molar-refractivity contribution in [3.63, 3.8) is 0 Å². The van der Waals surface area contributed by atoms with Crippen molar-refractivity contribution >= 4 is 17.3 Å². The molecule has 1 aromatic heterocycles. The number of likely N-dealkylation sites (tertiary alicyclic amines) is 2. The third kappa shape index (κ3) is 4.30. The highest BCUT2D eigenvalue weighted by atomic mass is 32.1. The molecular formula is C23H30N4O2S. The standard InChI is InChI=1S/C23H30N4O2S/c28-22(29)11-23(14-26(15-23)12-19-13-30-16-24-19)27-8-6-18(7-9-27)25-21-10-20(21)17-4-2-1-3-5-17/h1-5,13,16,18,20-21,25H,6-12,14-15H2,(H,28,29)/t20-,21+/m0/s1. The van der Waals surface area contributed by atoms with Crippen LogP contribution in [0.3, 0.4) is 0 Å². The van der Waals surface area contributed by atoms with Crippen molar-refractivity contribution in [3.8, 4) is 0 Å². The molecule has 2 aliphatic heterocycles. The fourth-order valence-corrected chi connectivity index (χ4v) is 5.97. The van der Waals surface area contributed by atoms with Gasteiger partial charge in [0, 0.05) is 56.1 Å². The Balaban J connectivity index is 1.12. The smallest absolute Gasteiger partial charge is 0.305 e. The lowest BCUT2D eigenvalue weighted by Gasteiger charge is -2.57. The summed E-state index contributed by atoms with van der Waals surface area (Å²) in [6.07, 6.45) is 3.67. The van der Waals surface area contributed by atoms with E-state index in [2.05, 4.69) is 55.8 Å². The summed E-state index contributed by atoms with van der Waals surface area (Å²) in [7, 11) is 0. The van der Waals surface area contributed by atoms with Gasteiger partial charge in [-0.25, -0.2) is 4.98 Å². The topological polar surface area (TPSA) is 68.7 Å². The van der Waals surface area contributed by atoms with Gasteiger partial charge in [0.1, 0.15) is 0 Å². The fraction of sp³-hybridized carbons (Fsp3) is 0.565. The molecule has 7 heteroatoms. The van der Waals surface area contributed by atoms with Crippen LogP contribution in [0.2, 0.25) is 0 Å².